The van der Waals surface area contributed by atoms with Crippen LogP contribution in [-0.2, 0) is 4.74 Å². The van der Waals surface area contributed by atoms with Crippen molar-refractivity contribution in [2.45, 2.75) is 31.2 Å². The minimum Gasteiger partial charge on any atom is -0.449 e. The fourth-order valence-corrected chi connectivity index (χ4v) is 3.26. The highest BCUT2D eigenvalue weighted by Gasteiger charge is 2.46. The number of hydrogen-bond acceptors (Lipinski definition) is 4. The van der Waals surface area contributed by atoms with Crippen LogP contribution in [0.1, 0.15) is 19.3 Å². The van der Waals surface area contributed by atoms with Gasteiger partial charge in [-0.2, -0.15) is 0 Å². The van der Waals surface area contributed by atoms with Gasteiger partial charge < -0.3 is 14.4 Å². The summed E-state index contributed by atoms with van der Waals surface area (Å²) in [4.78, 5) is 26.6. The van der Waals surface area contributed by atoms with Crippen molar-refractivity contribution in [3.05, 3.63) is 29.3 Å². The first-order valence-corrected chi connectivity index (χ1v) is 8.75. The Bertz CT molecular complexity index is 671. The molecule has 0 saturated carbocycles. The van der Waals surface area contributed by atoms with Gasteiger partial charge in [-0.25, -0.2) is 18.4 Å². The molecule has 26 heavy (non-hydrogen) atoms. The molecule has 1 aromatic rings. The summed E-state index contributed by atoms with van der Waals surface area (Å²) in [6.07, 6.45) is -0.653. The van der Waals surface area contributed by atoms with Crippen LogP contribution in [0.25, 0.3) is 0 Å². The number of alkyl halides is 2. The molecule has 9 heteroatoms. The Kier molecular flexibility index (Phi) is 5.50. The second kappa shape index (κ2) is 7.65. The number of amides is 2. The number of carbonyl (C=O) groups is 2. The highest BCUT2D eigenvalue weighted by Crippen LogP contribution is 2.31. The van der Waals surface area contributed by atoms with E-state index in [2.05, 4.69) is 0 Å². The highest BCUT2D eigenvalue weighted by molar-refractivity contribution is 6.30. The number of likely N-dealkylation sites (tertiary alicyclic amines) is 1. The van der Waals surface area contributed by atoms with Gasteiger partial charge in [0, 0.05) is 24.5 Å². The number of nitrogens with zero attached hydrogens (tertiary/aromatic N) is 2. The fraction of sp³-hybridized carbons (Fsp3) is 0.529. The molecule has 1 aromatic carbocycles. The van der Waals surface area contributed by atoms with Gasteiger partial charge in [0.15, 0.2) is 0 Å². The van der Waals surface area contributed by atoms with Crippen LogP contribution in [0.2, 0.25) is 5.02 Å². The third-order valence-electron chi connectivity index (χ3n) is 4.36. The minimum absolute atomic E-state index is 0.0306. The summed E-state index contributed by atoms with van der Waals surface area (Å²) in [7, 11) is 0. The van der Waals surface area contributed by atoms with Crippen LogP contribution >= 0.6 is 11.6 Å². The van der Waals surface area contributed by atoms with Gasteiger partial charge in [0.1, 0.15) is 5.75 Å². The van der Waals surface area contributed by atoms with E-state index < -0.39 is 37.1 Å². The second-order valence-corrected chi connectivity index (χ2v) is 6.87. The molecule has 2 fully saturated rings. The summed E-state index contributed by atoms with van der Waals surface area (Å²) in [5.41, 5.74) is 0. The number of cyclic esters (lactones) is 1. The van der Waals surface area contributed by atoms with Crippen molar-refractivity contribution in [2.24, 2.45) is 0 Å². The van der Waals surface area contributed by atoms with Crippen molar-refractivity contribution in [1.29, 1.82) is 0 Å². The average Bonchev–Trinajstić information content (AvgIpc) is 2.80. The second-order valence-electron chi connectivity index (χ2n) is 6.43. The molecule has 1 atom stereocenters. The Morgan fingerprint density at radius 1 is 1.27 bits per heavy atom. The van der Waals surface area contributed by atoms with Crippen molar-refractivity contribution in [3.8, 4) is 5.75 Å². The van der Waals surface area contributed by atoms with E-state index >= 15 is 0 Å². The van der Waals surface area contributed by atoms with E-state index in [1.165, 1.54) is 29.2 Å². The predicted molar refractivity (Wildman–Crippen MR) is 89.7 cm³/mol. The molecule has 0 N–H and O–H groups in total. The summed E-state index contributed by atoms with van der Waals surface area (Å²) in [5, 5.41) is 0.467. The zero-order chi connectivity index (χ0) is 18.7. The van der Waals surface area contributed by atoms with E-state index in [1.54, 1.807) is 0 Å². The third-order valence-corrected chi connectivity index (χ3v) is 4.61. The molecule has 0 aliphatic carbocycles. The summed E-state index contributed by atoms with van der Waals surface area (Å²) >= 11 is 5.77. The highest BCUT2D eigenvalue weighted by atomic mass is 35.5. The molecule has 142 valence electrons. The minimum atomic E-state index is -3.12. The van der Waals surface area contributed by atoms with E-state index in [-0.39, 0.29) is 18.9 Å². The fourth-order valence-electron chi connectivity index (χ4n) is 3.14. The van der Waals surface area contributed by atoms with Crippen molar-refractivity contribution < 1.29 is 27.8 Å². The number of carbonyl (C=O) groups excluding carboxylic acids is 2. The summed E-state index contributed by atoms with van der Waals surface area (Å²) < 4.78 is 38.6. The smallest absolute Gasteiger partial charge is 0.415 e. The maximum Gasteiger partial charge on any atom is 0.415 e. The molecular formula is C17H19ClF2N2O4. The molecule has 2 aliphatic rings. The Morgan fingerprint density at radius 2 is 2.00 bits per heavy atom. The number of piperidine rings is 1. The van der Waals surface area contributed by atoms with Crippen molar-refractivity contribution >= 4 is 23.8 Å². The van der Waals surface area contributed by atoms with Crippen LogP contribution in [0.4, 0.5) is 18.4 Å². The molecule has 6 nitrogen and oxygen atoms in total. The lowest BCUT2D eigenvalue weighted by atomic mass is 10.0. The van der Waals surface area contributed by atoms with Gasteiger partial charge in [0.2, 0.25) is 0 Å². The molecule has 2 aliphatic heterocycles. The van der Waals surface area contributed by atoms with Crippen molar-refractivity contribution in [2.75, 3.05) is 26.2 Å². The van der Waals surface area contributed by atoms with E-state index in [0.29, 0.717) is 24.4 Å². The van der Waals surface area contributed by atoms with Crippen LogP contribution in [0.15, 0.2) is 24.3 Å². The van der Waals surface area contributed by atoms with E-state index in [1.807, 2.05) is 0 Å². The first kappa shape index (κ1) is 18.7. The quantitative estimate of drug-likeness (QED) is 0.773. The standard InChI is InChI=1S/C17H19ClF2N2O4/c18-12-3-5-14(6-4-12)26-15(23)21-10-13(9-17(19,20)11-21)22-7-1-2-8-25-16(22)24/h3-6,13H,1-2,7-11H2/t13-/m1/s1. The molecule has 0 unspecified atom stereocenters. The molecule has 2 amide bonds. The molecule has 2 saturated heterocycles. The van der Waals surface area contributed by atoms with E-state index in [4.69, 9.17) is 21.1 Å². The Labute approximate surface area is 154 Å². The van der Waals surface area contributed by atoms with Crippen molar-refractivity contribution in [1.82, 2.24) is 9.80 Å². The van der Waals surface area contributed by atoms with Crippen LogP contribution in [0.3, 0.4) is 0 Å². The van der Waals surface area contributed by atoms with Gasteiger partial charge in [-0.15, -0.1) is 0 Å². The Balaban J connectivity index is 1.71. The number of ether oxygens (including phenoxy) is 2. The number of rotatable bonds is 2. The number of hydrogen-bond donors (Lipinski definition) is 0. The van der Waals surface area contributed by atoms with Crippen LogP contribution in [-0.4, -0.2) is 60.2 Å². The van der Waals surface area contributed by atoms with Crippen LogP contribution in [0.5, 0.6) is 5.75 Å². The number of halogens is 3. The van der Waals surface area contributed by atoms with Gasteiger partial charge >= 0.3 is 12.2 Å². The van der Waals surface area contributed by atoms with Crippen LogP contribution in [0, 0.1) is 0 Å². The lowest BCUT2D eigenvalue weighted by molar-refractivity contribution is -0.0826. The first-order chi connectivity index (χ1) is 12.3. The molecule has 3 rings (SSSR count). The molecule has 0 radical (unpaired) electrons. The first-order valence-electron chi connectivity index (χ1n) is 8.38. The molecule has 0 spiro atoms. The summed E-state index contributed by atoms with van der Waals surface area (Å²) in [5.74, 6) is -2.91. The maximum atomic E-state index is 14.2. The average molecular weight is 389 g/mol. The van der Waals surface area contributed by atoms with Gasteiger partial charge in [-0.05, 0) is 37.1 Å². The Hall–Kier alpha value is -2.09. The van der Waals surface area contributed by atoms with Gasteiger partial charge in [0.25, 0.3) is 5.92 Å². The van der Waals surface area contributed by atoms with E-state index in [0.717, 1.165) is 4.90 Å². The summed E-state index contributed by atoms with van der Waals surface area (Å²) in [6.45, 7) is -0.170. The SMILES string of the molecule is O=C(Oc1ccc(Cl)cc1)N1C[C@H](N2CCCCOC2=O)CC(F)(F)C1. The monoisotopic (exact) mass is 388 g/mol. The molecule has 2 heterocycles. The summed E-state index contributed by atoms with van der Waals surface area (Å²) in [6, 6.07) is 5.20. The largest absolute Gasteiger partial charge is 0.449 e. The van der Waals surface area contributed by atoms with Gasteiger partial charge in [-0.1, -0.05) is 11.6 Å². The topological polar surface area (TPSA) is 59.1 Å². The Morgan fingerprint density at radius 3 is 2.73 bits per heavy atom. The maximum absolute atomic E-state index is 14.2. The zero-order valence-electron chi connectivity index (χ0n) is 14.0. The van der Waals surface area contributed by atoms with Gasteiger partial charge in [-0.3, -0.25) is 4.90 Å². The van der Waals surface area contributed by atoms with Gasteiger partial charge in [0.05, 0.1) is 19.2 Å². The molecular weight excluding hydrogens is 370 g/mol. The lowest BCUT2D eigenvalue weighted by Crippen LogP contribution is -2.58. The molecule has 0 bridgehead atoms. The lowest BCUT2D eigenvalue weighted by Gasteiger charge is -2.41. The predicted octanol–water partition coefficient (Wildman–Crippen LogP) is 3.78. The van der Waals surface area contributed by atoms with Crippen molar-refractivity contribution in [3.63, 3.8) is 0 Å². The van der Waals surface area contributed by atoms with Crippen LogP contribution < -0.4 is 4.74 Å². The normalized spacial score (nSPS) is 23.2. The van der Waals surface area contributed by atoms with E-state index in [9.17, 15) is 18.4 Å². The number of benzene rings is 1. The molecule has 0 aromatic heterocycles. The third kappa shape index (κ3) is 4.55. The zero-order valence-corrected chi connectivity index (χ0v) is 14.8.